The zero-order valence-corrected chi connectivity index (χ0v) is 9.53. The Morgan fingerprint density at radius 3 is 2.62 bits per heavy atom. The maximum atomic E-state index is 11.4. The summed E-state index contributed by atoms with van der Waals surface area (Å²) in [4.78, 5) is 23.5. The highest BCUT2D eigenvalue weighted by Gasteiger charge is 2.35. The van der Waals surface area contributed by atoms with Crippen LogP contribution in [0.5, 0.6) is 0 Å². The predicted octanol–water partition coefficient (Wildman–Crippen LogP) is -0.288. The number of rotatable bonds is 6. The summed E-state index contributed by atoms with van der Waals surface area (Å²) < 4.78 is 0. The van der Waals surface area contributed by atoms with Gasteiger partial charge in [-0.1, -0.05) is 6.92 Å². The van der Waals surface area contributed by atoms with Crippen LogP contribution in [-0.2, 0) is 4.79 Å². The molecule has 92 valence electrons. The Balaban J connectivity index is 2.02. The molecule has 0 aromatic heterocycles. The van der Waals surface area contributed by atoms with Gasteiger partial charge < -0.3 is 20.6 Å². The molecular weight excluding hydrogens is 210 g/mol. The number of carbonyl (C=O) groups is 2. The molecule has 0 spiro atoms. The lowest BCUT2D eigenvalue weighted by atomic mass is 10.0. The fraction of sp³-hybridized carbons (Fsp3) is 0.800. The van der Waals surface area contributed by atoms with Gasteiger partial charge in [0.05, 0.1) is 5.92 Å². The van der Waals surface area contributed by atoms with E-state index in [2.05, 4.69) is 10.6 Å². The second kappa shape index (κ2) is 6.32. The van der Waals surface area contributed by atoms with E-state index in [4.69, 9.17) is 5.11 Å². The standard InChI is InChI=1S/C10H19N3O3/c1-2-11-4-3-5-12-10(16)13-6-8(7-13)9(14)15/h8,11H,2-7H2,1H3,(H,12,16)(H,14,15). The first-order chi connectivity index (χ1) is 7.65. The van der Waals surface area contributed by atoms with Crippen molar-refractivity contribution in [1.29, 1.82) is 0 Å². The molecule has 0 saturated carbocycles. The van der Waals surface area contributed by atoms with Crippen LogP contribution in [0.25, 0.3) is 0 Å². The summed E-state index contributed by atoms with van der Waals surface area (Å²) in [6, 6.07) is -0.158. The van der Waals surface area contributed by atoms with Crippen LogP contribution in [0.4, 0.5) is 4.79 Å². The van der Waals surface area contributed by atoms with Crippen molar-refractivity contribution in [2.24, 2.45) is 5.92 Å². The highest BCUT2D eigenvalue weighted by atomic mass is 16.4. The summed E-state index contributed by atoms with van der Waals surface area (Å²) in [7, 11) is 0. The fourth-order valence-electron chi connectivity index (χ4n) is 1.50. The number of carboxylic acids is 1. The van der Waals surface area contributed by atoms with Crippen molar-refractivity contribution in [1.82, 2.24) is 15.5 Å². The van der Waals surface area contributed by atoms with Crippen molar-refractivity contribution in [2.45, 2.75) is 13.3 Å². The second-order valence-corrected chi connectivity index (χ2v) is 3.88. The molecule has 6 nitrogen and oxygen atoms in total. The van der Waals surface area contributed by atoms with Crippen LogP contribution < -0.4 is 10.6 Å². The van der Waals surface area contributed by atoms with E-state index in [0.29, 0.717) is 19.6 Å². The fourth-order valence-corrected chi connectivity index (χ4v) is 1.50. The molecule has 1 heterocycles. The lowest BCUT2D eigenvalue weighted by Gasteiger charge is -2.36. The number of amides is 2. The molecule has 6 heteroatoms. The molecule has 2 amide bonds. The highest BCUT2D eigenvalue weighted by Crippen LogP contribution is 2.14. The van der Waals surface area contributed by atoms with E-state index in [-0.39, 0.29) is 11.9 Å². The average molecular weight is 229 g/mol. The molecule has 1 aliphatic heterocycles. The third-order valence-electron chi connectivity index (χ3n) is 2.57. The Kier molecular flexibility index (Phi) is 5.04. The van der Waals surface area contributed by atoms with E-state index < -0.39 is 5.97 Å². The number of carbonyl (C=O) groups excluding carboxylic acids is 1. The first-order valence-corrected chi connectivity index (χ1v) is 5.61. The lowest BCUT2D eigenvalue weighted by Crippen LogP contribution is -2.56. The second-order valence-electron chi connectivity index (χ2n) is 3.88. The minimum atomic E-state index is -0.823. The Morgan fingerprint density at radius 1 is 1.38 bits per heavy atom. The van der Waals surface area contributed by atoms with E-state index in [0.717, 1.165) is 19.5 Å². The molecule has 1 saturated heterocycles. The highest BCUT2D eigenvalue weighted by molar-refractivity contribution is 5.79. The van der Waals surface area contributed by atoms with Crippen LogP contribution in [0.2, 0.25) is 0 Å². The van der Waals surface area contributed by atoms with Gasteiger partial charge in [0, 0.05) is 19.6 Å². The molecular formula is C10H19N3O3. The van der Waals surface area contributed by atoms with Gasteiger partial charge >= 0.3 is 12.0 Å². The molecule has 0 aromatic rings. The number of nitrogens with one attached hydrogen (secondary N) is 2. The van der Waals surface area contributed by atoms with E-state index in [9.17, 15) is 9.59 Å². The van der Waals surface area contributed by atoms with Gasteiger partial charge in [-0.3, -0.25) is 4.79 Å². The number of urea groups is 1. The molecule has 1 aliphatic rings. The van der Waals surface area contributed by atoms with Crippen molar-refractivity contribution in [3.63, 3.8) is 0 Å². The van der Waals surface area contributed by atoms with Crippen molar-refractivity contribution >= 4 is 12.0 Å². The average Bonchev–Trinajstić information content (AvgIpc) is 2.14. The monoisotopic (exact) mass is 229 g/mol. The largest absolute Gasteiger partial charge is 0.481 e. The third kappa shape index (κ3) is 3.69. The number of carboxylic acid groups (broad SMARTS) is 1. The zero-order valence-electron chi connectivity index (χ0n) is 9.53. The van der Waals surface area contributed by atoms with Gasteiger partial charge in [0.2, 0.25) is 0 Å². The predicted molar refractivity (Wildman–Crippen MR) is 59.3 cm³/mol. The molecule has 1 fully saturated rings. The van der Waals surface area contributed by atoms with Crippen molar-refractivity contribution in [2.75, 3.05) is 32.7 Å². The molecule has 0 aliphatic carbocycles. The van der Waals surface area contributed by atoms with Crippen LogP contribution in [0.1, 0.15) is 13.3 Å². The Bertz CT molecular complexity index is 252. The number of hydrogen-bond donors (Lipinski definition) is 3. The van der Waals surface area contributed by atoms with Gasteiger partial charge in [-0.25, -0.2) is 4.79 Å². The van der Waals surface area contributed by atoms with Gasteiger partial charge in [-0.2, -0.15) is 0 Å². The summed E-state index contributed by atoms with van der Waals surface area (Å²) in [6.07, 6.45) is 0.885. The topological polar surface area (TPSA) is 81.7 Å². The molecule has 3 N–H and O–H groups in total. The Labute approximate surface area is 95.0 Å². The lowest BCUT2D eigenvalue weighted by molar-refractivity contribution is -0.146. The number of aliphatic carboxylic acids is 1. The summed E-state index contributed by atoms with van der Waals surface area (Å²) in [5, 5.41) is 14.6. The SMILES string of the molecule is CCNCCCNC(=O)N1CC(C(=O)O)C1. The van der Waals surface area contributed by atoms with E-state index in [1.165, 1.54) is 4.90 Å². The maximum Gasteiger partial charge on any atom is 0.317 e. The molecule has 0 radical (unpaired) electrons. The van der Waals surface area contributed by atoms with Crippen molar-refractivity contribution in [3.8, 4) is 0 Å². The van der Waals surface area contributed by atoms with Gasteiger partial charge in [-0.05, 0) is 19.5 Å². The number of nitrogens with zero attached hydrogens (tertiary/aromatic N) is 1. The van der Waals surface area contributed by atoms with Crippen molar-refractivity contribution < 1.29 is 14.7 Å². The van der Waals surface area contributed by atoms with E-state index in [1.54, 1.807) is 0 Å². The maximum absolute atomic E-state index is 11.4. The first-order valence-electron chi connectivity index (χ1n) is 5.61. The Hall–Kier alpha value is -1.30. The minimum Gasteiger partial charge on any atom is -0.481 e. The van der Waals surface area contributed by atoms with Crippen LogP contribution in [0.15, 0.2) is 0 Å². The number of hydrogen-bond acceptors (Lipinski definition) is 3. The van der Waals surface area contributed by atoms with Gasteiger partial charge in [0.25, 0.3) is 0 Å². The molecule has 0 aromatic carbocycles. The summed E-state index contributed by atoms with van der Waals surface area (Å²) in [6.45, 7) is 5.13. The molecule has 0 bridgehead atoms. The summed E-state index contributed by atoms with van der Waals surface area (Å²) in [5.74, 6) is -1.20. The summed E-state index contributed by atoms with van der Waals surface area (Å²) >= 11 is 0. The van der Waals surface area contributed by atoms with Crippen LogP contribution in [0.3, 0.4) is 0 Å². The van der Waals surface area contributed by atoms with Crippen LogP contribution >= 0.6 is 0 Å². The van der Waals surface area contributed by atoms with Gasteiger partial charge in [0.15, 0.2) is 0 Å². The number of likely N-dealkylation sites (tertiary alicyclic amines) is 1. The van der Waals surface area contributed by atoms with Crippen LogP contribution in [-0.4, -0.2) is 54.7 Å². The minimum absolute atomic E-state index is 0.158. The molecule has 0 atom stereocenters. The zero-order chi connectivity index (χ0) is 12.0. The quantitative estimate of drug-likeness (QED) is 0.547. The first kappa shape index (κ1) is 12.8. The smallest absolute Gasteiger partial charge is 0.317 e. The molecule has 0 unspecified atom stereocenters. The molecule has 1 rings (SSSR count). The van der Waals surface area contributed by atoms with Crippen molar-refractivity contribution in [3.05, 3.63) is 0 Å². The van der Waals surface area contributed by atoms with Gasteiger partial charge in [0.1, 0.15) is 0 Å². The van der Waals surface area contributed by atoms with Crippen LogP contribution in [0, 0.1) is 5.92 Å². The Morgan fingerprint density at radius 2 is 2.06 bits per heavy atom. The third-order valence-corrected chi connectivity index (χ3v) is 2.57. The normalized spacial score (nSPS) is 15.7. The van der Waals surface area contributed by atoms with E-state index in [1.807, 2.05) is 6.92 Å². The summed E-state index contributed by atoms with van der Waals surface area (Å²) in [5.41, 5.74) is 0. The molecule has 16 heavy (non-hydrogen) atoms. The van der Waals surface area contributed by atoms with E-state index >= 15 is 0 Å². The van der Waals surface area contributed by atoms with Gasteiger partial charge in [-0.15, -0.1) is 0 Å².